The summed E-state index contributed by atoms with van der Waals surface area (Å²) in [6.07, 6.45) is 0.817. The Morgan fingerprint density at radius 3 is 2.58 bits per heavy atom. The van der Waals surface area contributed by atoms with Crippen LogP contribution in [0.4, 0.5) is 10.5 Å². The van der Waals surface area contributed by atoms with Crippen molar-refractivity contribution in [2.45, 2.75) is 58.7 Å². The third-order valence-electron chi connectivity index (χ3n) is 4.94. The Labute approximate surface area is 200 Å². The molecule has 2 heterocycles. The molecule has 3 aromatic rings. The lowest BCUT2D eigenvalue weighted by Gasteiger charge is -2.33. The zero-order chi connectivity index (χ0) is 24.4. The van der Waals surface area contributed by atoms with Crippen LogP contribution < -0.4 is 9.64 Å². The zero-order valence-electron chi connectivity index (χ0n) is 19.9. The van der Waals surface area contributed by atoms with Crippen molar-refractivity contribution >= 4 is 42.5 Å². The first-order chi connectivity index (χ1) is 15.3. The molecule has 0 fully saturated rings. The van der Waals surface area contributed by atoms with Crippen LogP contribution in [0.25, 0.3) is 11.0 Å². The number of carboxylic acid groups (broad SMARTS) is 1. The van der Waals surface area contributed by atoms with Crippen LogP contribution in [-0.2, 0) is 11.5 Å². The van der Waals surface area contributed by atoms with Gasteiger partial charge in [0, 0.05) is 32.5 Å². The minimum Gasteiger partial charge on any atom is -0.465 e. The van der Waals surface area contributed by atoms with E-state index in [9.17, 15) is 9.90 Å². The smallest absolute Gasteiger partial charge is 0.412 e. The second-order valence-electron chi connectivity index (χ2n) is 10.1. The highest BCUT2D eigenvalue weighted by atomic mass is 35.5. The Hall–Kier alpha value is -2.62. The van der Waals surface area contributed by atoms with Gasteiger partial charge in [-0.1, -0.05) is 25.7 Å². The first kappa shape index (κ1) is 25.0. The summed E-state index contributed by atoms with van der Waals surface area (Å²) in [5.41, 5.74) is 0.483. The van der Waals surface area contributed by atoms with E-state index < -0.39 is 19.7 Å². The largest absolute Gasteiger partial charge is 0.465 e. The molecule has 0 aliphatic rings. The molecule has 0 radical (unpaired) electrons. The number of rotatable bonds is 8. The van der Waals surface area contributed by atoms with E-state index in [1.54, 1.807) is 24.3 Å². The molecule has 33 heavy (non-hydrogen) atoms. The number of anilines is 1. The minimum atomic E-state index is -1.17. The molecule has 0 aliphatic heterocycles. The number of benzene rings is 1. The molecular weight excluding hydrogens is 460 g/mol. The highest BCUT2D eigenvalue weighted by Gasteiger charge is 2.28. The average Bonchev–Trinajstić information content (AvgIpc) is 3.06. The van der Waals surface area contributed by atoms with E-state index in [1.165, 1.54) is 4.90 Å². The van der Waals surface area contributed by atoms with Gasteiger partial charge in [0.2, 0.25) is 11.2 Å². The van der Waals surface area contributed by atoms with E-state index in [0.717, 1.165) is 6.04 Å². The fourth-order valence-electron chi connectivity index (χ4n) is 3.32. The molecule has 0 unspecified atom stereocenters. The van der Waals surface area contributed by atoms with Gasteiger partial charge in [-0.3, -0.25) is 4.90 Å². The number of aromatic nitrogens is 3. The number of fused-ring (bicyclic) bond motifs is 1. The number of hydrogen-bond donors (Lipinski definition) is 1. The van der Waals surface area contributed by atoms with Crippen LogP contribution >= 0.6 is 11.6 Å². The zero-order valence-corrected chi connectivity index (χ0v) is 21.7. The summed E-state index contributed by atoms with van der Waals surface area (Å²) >= 11 is 6.19. The van der Waals surface area contributed by atoms with Crippen LogP contribution in [0.2, 0.25) is 31.0 Å². The molecule has 0 bridgehead atoms. The molecule has 1 amide bonds. The van der Waals surface area contributed by atoms with Crippen molar-refractivity contribution in [1.29, 1.82) is 0 Å². The lowest BCUT2D eigenvalue weighted by molar-refractivity contribution is 0.0899. The molecule has 2 aromatic heterocycles. The van der Waals surface area contributed by atoms with E-state index in [4.69, 9.17) is 21.1 Å². The third-order valence-corrected chi connectivity index (χ3v) is 6.81. The summed E-state index contributed by atoms with van der Waals surface area (Å²) in [5, 5.41) is 10.4. The van der Waals surface area contributed by atoms with Gasteiger partial charge in [0.25, 0.3) is 0 Å². The van der Waals surface area contributed by atoms with Crippen molar-refractivity contribution in [3.8, 4) is 11.6 Å². The van der Waals surface area contributed by atoms with Gasteiger partial charge >= 0.3 is 6.09 Å². The summed E-state index contributed by atoms with van der Waals surface area (Å²) in [6.45, 7) is 13.5. The first-order valence-corrected chi connectivity index (χ1v) is 14.8. The van der Waals surface area contributed by atoms with E-state index in [1.807, 2.05) is 37.6 Å². The molecule has 3 rings (SSSR count). The van der Waals surface area contributed by atoms with Crippen LogP contribution in [-0.4, -0.2) is 46.0 Å². The van der Waals surface area contributed by atoms with E-state index >= 15 is 0 Å². The average molecular weight is 491 g/mol. The number of carbonyl (C=O) groups is 1. The number of amides is 1. The molecule has 0 saturated carbocycles. The summed E-state index contributed by atoms with van der Waals surface area (Å²) in [6, 6.07) is 9.80. The number of hydrogen-bond acceptors (Lipinski definition) is 5. The van der Waals surface area contributed by atoms with Crippen molar-refractivity contribution in [1.82, 2.24) is 14.5 Å². The quantitative estimate of drug-likeness (QED) is 0.221. The molecule has 0 atom stereocenters. The standard InChI is InChI=1S/C23H31ClN4O4Si/c1-23(2,3)28(22(29)30)16-8-7-9-17(14-16)32-20-18-10-11-27(19(18)25-21(24)26-20)15-31-12-13-33(4,5)6/h7-11,14H,12-13,15H2,1-6H3,(H,29,30). The normalized spacial score (nSPS) is 12.2. The first-order valence-electron chi connectivity index (χ1n) is 10.8. The predicted octanol–water partition coefficient (Wildman–Crippen LogP) is 6.47. The maximum Gasteiger partial charge on any atom is 0.412 e. The summed E-state index contributed by atoms with van der Waals surface area (Å²) in [5.74, 6) is 0.735. The van der Waals surface area contributed by atoms with Crippen LogP contribution in [0.15, 0.2) is 36.5 Å². The van der Waals surface area contributed by atoms with Gasteiger partial charge in [0.1, 0.15) is 12.5 Å². The minimum absolute atomic E-state index is 0.0533. The fraction of sp³-hybridized carbons (Fsp3) is 0.435. The highest BCUT2D eigenvalue weighted by molar-refractivity contribution is 6.76. The molecule has 10 heteroatoms. The van der Waals surface area contributed by atoms with Gasteiger partial charge in [-0.2, -0.15) is 9.97 Å². The lowest BCUT2D eigenvalue weighted by Crippen LogP contribution is -2.45. The van der Waals surface area contributed by atoms with Crippen molar-refractivity contribution in [3.05, 3.63) is 41.8 Å². The summed E-state index contributed by atoms with van der Waals surface area (Å²) in [7, 11) is -1.17. The maximum absolute atomic E-state index is 11.8. The Balaban J connectivity index is 1.85. The summed E-state index contributed by atoms with van der Waals surface area (Å²) < 4.78 is 13.7. The second-order valence-corrected chi connectivity index (χ2v) is 16.0. The van der Waals surface area contributed by atoms with Crippen LogP contribution in [0.3, 0.4) is 0 Å². The van der Waals surface area contributed by atoms with Crippen molar-refractivity contribution < 1.29 is 19.4 Å². The van der Waals surface area contributed by atoms with Crippen molar-refractivity contribution in [3.63, 3.8) is 0 Å². The van der Waals surface area contributed by atoms with E-state index in [2.05, 4.69) is 29.6 Å². The van der Waals surface area contributed by atoms with Gasteiger partial charge in [0.15, 0.2) is 5.65 Å². The number of ether oxygens (including phenoxy) is 2. The van der Waals surface area contributed by atoms with Crippen LogP contribution in [0.1, 0.15) is 20.8 Å². The Morgan fingerprint density at radius 2 is 1.94 bits per heavy atom. The van der Waals surface area contributed by atoms with Gasteiger partial charge in [-0.05, 0) is 56.6 Å². The number of nitrogens with zero attached hydrogens (tertiary/aromatic N) is 4. The van der Waals surface area contributed by atoms with E-state index in [0.29, 0.717) is 41.7 Å². The lowest BCUT2D eigenvalue weighted by atomic mass is 10.1. The van der Waals surface area contributed by atoms with Crippen LogP contribution in [0.5, 0.6) is 11.6 Å². The van der Waals surface area contributed by atoms with Crippen molar-refractivity contribution in [2.24, 2.45) is 0 Å². The topological polar surface area (TPSA) is 89.7 Å². The van der Waals surface area contributed by atoms with Gasteiger partial charge < -0.3 is 19.1 Å². The molecular formula is C23H31ClN4O4Si. The summed E-state index contributed by atoms with van der Waals surface area (Å²) in [4.78, 5) is 21.7. The predicted molar refractivity (Wildman–Crippen MR) is 133 cm³/mol. The molecule has 0 spiro atoms. The fourth-order valence-corrected chi connectivity index (χ4v) is 4.23. The third kappa shape index (κ3) is 6.46. The van der Waals surface area contributed by atoms with E-state index in [-0.39, 0.29) is 5.28 Å². The molecule has 1 N–H and O–H groups in total. The Bertz CT molecular complexity index is 1140. The van der Waals surface area contributed by atoms with Crippen LogP contribution in [0, 0.1) is 0 Å². The maximum atomic E-state index is 11.8. The van der Waals surface area contributed by atoms with Gasteiger partial charge in [-0.25, -0.2) is 4.79 Å². The monoisotopic (exact) mass is 490 g/mol. The molecule has 0 saturated heterocycles. The van der Waals surface area contributed by atoms with Crippen molar-refractivity contribution in [2.75, 3.05) is 11.5 Å². The molecule has 178 valence electrons. The molecule has 1 aromatic carbocycles. The highest BCUT2D eigenvalue weighted by Crippen LogP contribution is 2.33. The SMILES string of the molecule is CC(C)(C)N(C(=O)O)c1cccc(Oc2nc(Cl)nc3c2ccn3COCC[Si](C)(C)C)c1. The van der Waals surface area contributed by atoms with Gasteiger partial charge in [-0.15, -0.1) is 0 Å². The molecule has 0 aliphatic carbocycles. The molecule has 8 nitrogen and oxygen atoms in total. The Morgan fingerprint density at radius 1 is 1.21 bits per heavy atom. The second kappa shape index (κ2) is 9.70. The Kier molecular flexibility index (Phi) is 7.35. The number of halogens is 1. The van der Waals surface area contributed by atoms with Gasteiger partial charge in [0.05, 0.1) is 11.1 Å².